The molecule has 0 saturated carbocycles. The fourth-order valence-electron chi connectivity index (χ4n) is 3.89. The van der Waals surface area contributed by atoms with Crippen molar-refractivity contribution in [3.63, 3.8) is 0 Å². The SMILES string of the molecule is CCCCCc1cc(O)c2c(c1)OC(C)(C)c1ccc(C)cc1-2.O=C1C=CC(=O)C=C1. The second-order valence-corrected chi connectivity index (χ2v) is 8.58. The molecule has 4 heteroatoms. The maximum absolute atomic E-state index is 10.6. The van der Waals surface area contributed by atoms with Crippen LogP contribution in [0.2, 0.25) is 0 Å². The highest BCUT2D eigenvalue weighted by atomic mass is 16.5. The molecule has 0 aromatic heterocycles. The van der Waals surface area contributed by atoms with E-state index in [0.29, 0.717) is 5.75 Å². The molecule has 0 radical (unpaired) electrons. The lowest BCUT2D eigenvalue weighted by Gasteiger charge is -2.35. The summed E-state index contributed by atoms with van der Waals surface area (Å²) in [4.78, 5) is 20.6. The summed E-state index contributed by atoms with van der Waals surface area (Å²) >= 11 is 0. The van der Waals surface area contributed by atoms with Crippen molar-refractivity contribution in [1.82, 2.24) is 0 Å². The molecule has 1 aliphatic heterocycles. The zero-order valence-corrected chi connectivity index (χ0v) is 18.7. The topological polar surface area (TPSA) is 63.6 Å². The molecule has 162 valence electrons. The zero-order chi connectivity index (χ0) is 22.6. The number of carbonyl (C=O) groups is 2. The lowest BCUT2D eigenvalue weighted by atomic mass is 9.84. The summed E-state index contributed by atoms with van der Waals surface area (Å²) in [5, 5.41) is 10.6. The van der Waals surface area contributed by atoms with E-state index in [0.717, 1.165) is 40.8 Å². The van der Waals surface area contributed by atoms with Gasteiger partial charge < -0.3 is 9.84 Å². The van der Waals surface area contributed by atoms with E-state index in [2.05, 4.69) is 52.0 Å². The number of allylic oxidation sites excluding steroid dienone is 4. The highest BCUT2D eigenvalue weighted by Crippen LogP contribution is 2.49. The van der Waals surface area contributed by atoms with E-state index in [1.54, 1.807) is 0 Å². The molecule has 0 bridgehead atoms. The Morgan fingerprint density at radius 3 is 2.19 bits per heavy atom. The molecule has 4 nitrogen and oxygen atoms in total. The molecular weight excluding hydrogens is 388 g/mol. The molecule has 0 amide bonds. The number of phenols is 1. The van der Waals surface area contributed by atoms with Gasteiger partial charge in [0.2, 0.25) is 0 Å². The van der Waals surface area contributed by atoms with E-state index < -0.39 is 0 Å². The van der Waals surface area contributed by atoms with Crippen LogP contribution in [-0.2, 0) is 21.6 Å². The molecule has 1 N–H and O–H groups in total. The summed E-state index contributed by atoms with van der Waals surface area (Å²) in [6, 6.07) is 10.4. The van der Waals surface area contributed by atoms with Crippen molar-refractivity contribution in [2.24, 2.45) is 0 Å². The molecule has 4 rings (SSSR count). The van der Waals surface area contributed by atoms with Crippen LogP contribution in [0.3, 0.4) is 0 Å². The van der Waals surface area contributed by atoms with Gasteiger partial charge in [0.05, 0.1) is 5.56 Å². The maximum Gasteiger partial charge on any atom is 0.178 e. The number of hydrogen-bond acceptors (Lipinski definition) is 4. The Balaban J connectivity index is 0.000000287. The molecule has 2 aliphatic rings. The van der Waals surface area contributed by atoms with E-state index in [1.807, 2.05) is 6.07 Å². The van der Waals surface area contributed by atoms with Gasteiger partial charge in [0, 0.05) is 5.56 Å². The largest absolute Gasteiger partial charge is 0.507 e. The standard InChI is InChI=1S/C21H26O2.C6H4O2/c1-5-6-7-8-15-12-18(22)20-16-11-14(2)9-10-17(16)21(3,4)23-19(20)13-15;7-5-1-2-6(8)4-3-5/h9-13,22H,5-8H2,1-4H3;1-4H. The number of carbonyl (C=O) groups excluding carboxylic acids is 2. The number of phenolic OH excluding ortho intramolecular Hbond substituents is 1. The Morgan fingerprint density at radius 2 is 1.58 bits per heavy atom. The van der Waals surface area contributed by atoms with Crippen molar-refractivity contribution >= 4 is 11.6 Å². The highest BCUT2D eigenvalue weighted by Gasteiger charge is 2.34. The fraction of sp³-hybridized carbons (Fsp3) is 0.333. The number of ketones is 2. The highest BCUT2D eigenvalue weighted by molar-refractivity contribution is 6.14. The normalized spacial score (nSPS) is 15.5. The van der Waals surface area contributed by atoms with Crippen molar-refractivity contribution in [2.75, 3.05) is 0 Å². The molecule has 2 aromatic carbocycles. The monoisotopic (exact) mass is 418 g/mol. The number of aromatic hydroxyl groups is 1. The van der Waals surface area contributed by atoms with Gasteiger partial charge >= 0.3 is 0 Å². The van der Waals surface area contributed by atoms with Crippen LogP contribution in [0.15, 0.2) is 54.6 Å². The lowest BCUT2D eigenvalue weighted by molar-refractivity contribution is -0.113. The summed E-state index contributed by atoms with van der Waals surface area (Å²) < 4.78 is 6.25. The van der Waals surface area contributed by atoms with Crippen molar-refractivity contribution in [1.29, 1.82) is 0 Å². The first-order valence-corrected chi connectivity index (χ1v) is 10.8. The Bertz CT molecular complexity index is 1020. The van der Waals surface area contributed by atoms with Gasteiger partial charge in [-0.05, 0) is 81.2 Å². The number of unbranched alkanes of at least 4 members (excludes halogenated alkanes) is 2. The van der Waals surface area contributed by atoms with Crippen molar-refractivity contribution in [2.45, 2.75) is 59.0 Å². The molecule has 31 heavy (non-hydrogen) atoms. The lowest BCUT2D eigenvalue weighted by Crippen LogP contribution is -2.29. The second-order valence-electron chi connectivity index (χ2n) is 8.58. The van der Waals surface area contributed by atoms with Crippen molar-refractivity contribution in [3.8, 4) is 22.6 Å². The van der Waals surface area contributed by atoms with Crippen LogP contribution in [0, 0.1) is 6.92 Å². The summed E-state index contributed by atoms with van der Waals surface area (Å²) in [5.74, 6) is 0.894. The summed E-state index contributed by atoms with van der Waals surface area (Å²) in [5.41, 5.74) is 5.02. The number of aryl methyl sites for hydroxylation is 2. The Labute approximate surface area is 184 Å². The third-order valence-corrected chi connectivity index (χ3v) is 5.49. The minimum absolute atomic E-state index is 0.121. The van der Waals surface area contributed by atoms with Gasteiger partial charge in [0.15, 0.2) is 11.6 Å². The summed E-state index contributed by atoms with van der Waals surface area (Å²) in [6.07, 6.45) is 9.56. The Morgan fingerprint density at radius 1 is 0.935 bits per heavy atom. The summed E-state index contributed by atoms with van der Waals surface area (Å²) in [7, 11) is 0. The first kappa shape index (κ1) is 22.5. The van der Waals surface area contributed by atoms with Crippen LogP contribution in [-0.4, -0.2) is 16.7 Å². The third-order valence-electron chi connectivity index (χ3n) is 5.49. The molecule has 1 aliphatic carbocycles. The molecule has 2 aromatic rings. The van der Waals surface area contributed by atoms with Gasteiger partial charge in [-0.2, -0.15) is 0 Å². The predicted molar refractivity (Wildman–Crippen MR) is 123 cm³/mol. The molecular formula is C27H30O4. The minimum atomic E-state index is -0.384. The molecule has 0 spiro atoms. The van der Waals surface area contributed by atoms with Crippen LogP contribution >= 0.6 is 0 Å². The molecule has 0 fully saturated rings. The van der Waals surface area contributed by atoms with E-state index >= 15 is 0 Å². The van der Waals surface area contributed by atoms with Gasteiger partial charge in [0.25, 0.3) is 0 Å². The second kappa shape index (κ2) is 9.34. The van der Waals surface area contributed by atoms with Crippen LogP contribution in [0.5, 0.6) is 11.5 Å². The predicted octanol–water partition coefficient (Wildman–Crippen LogP) is 5.98. The van der Waals surface area contributed by atoms with Crippen LogP contribution in [0.25, 0.3) is 11.1 Å². The minimum Gasteiger partial charge on any atom is -0.507 e. The zero-order valence-electron chi connectivity index (χ0n) is 18.7. The molecule has 0 unspecified atom stereocenters. The number of benzene rings is 2. The number of rotatable bonds is 4. The van der Waals surface area contributed by atoms with Crippen molar-refractivity contribution < 1.29 is 19.4 Å². The number of hydrogen-bond donors (Lipinski definition) is 1. The average Bonchev–Trinajstić information content (AvgIpc) is 2.70. The smallest absolute Gasteiger partial charge is 0.178 e. The number of ether oxygens (including phenoxy) is 1. The van der Waals surface area contributed by atoms with Crippen LogP contribution in [0.4, 0.5) is 0 Å². The van der Waals surface area contributed by atoms with Crippen LogP contribution in [0.1, 0.15) is 56.7 Å². The molecule has 1 heterocycles. The van der Waals surface area contributed by atoms with E-state index in [4.69, 9.17) is 4.74 Å². The van der Waals surface area contributed by atoms with Gasteiger partial charge in [-0.1, -0.05) is 43.5 Å². The van der Waals surface area contributed by atoms with Gasteiger partial charge in [-0.25, -0.2) is 0 Å². The Kier molecular flexibility index (Phi) is 6.79. The molecule has 0 atom stereocenters. The average molecular weight is 419 g/mol. The van der Waals surface area contributed by atoms with Crippen LogP contribution < -0.4 is 4.74 Å². The maximum atomic E-state index is 10.6. The summed E-state index contributed by atoms with van der Waals surface area (Å²) in [6.45, 7) is 8.46. The first-order valence-electron chi connectivity index (χ1n) is 10.8. The van der Waals surface area contributed by atoms with Gasteiger partial charge in [0.1, 0.15) is 17.1 Å². The quantitative estimate of drug-likeness (QED) is 0.490. The van der Waals surface area contributed by atoms with E-state index in [-0.39, 0.29) is 17.2 Å². The third kappa shape index (κ3) is 5.32. The Hall–Kier alpha value is -3.14. The van der Waals surface area contributed by atoms with E-state index in [9.17, 15) is 14.7 Å². The van der Waals surface area contributed by atoms with Gasteiger partial charge in [-0.15, -0.1) is 0 Å². The molecule has 0 saturated heterocycles. The first-order chi connectivity index (χ1) is 14.7. The number of fused-ring (bicyclic) bond motifs is 3. The van der Waals surface area contributed by atoms with Gasteiger partial charge in [-0.3, -0.25) is 9.59 Å². The fourth-order valence-corrected chi connectivity index (χ4v) is 3.89. The van der Waals surface area contributed by atoms with Crippen molar-refractivity contribution in [3.05, 3.63) is 71.3 Å². The van der Waals surface area contributed by atoms with E-state index in [1.165, 1.54) is 42.7 Å².